The summed E-state index contributed by atoms with van der Waals surface area (Å²) in [5.74, 6) is 0. The molecule has 0 aliphatic carbocycles. The van der Waals surface area contributed by atoms with Crippen molar-refractivity contribution >= 4 is 0 Å². The van der Waals surface area contributed by atoms with Gasteiger partial charge in [-0.1, -0.05) is 19.1 Å². The van der Waals surface area contributed by atoms with Crippen LogP contribution in [0.25, 0.3) is 0 Å². The van der Waals surface area contributed by atoms with Gasteiger partial charge in [-0.3, -0.25) is 4.90 Å². The average molecular weight is 286 g/mol. The van der Waals surface area contributed by atoms with Crippen LogP contribution in [-0.2, 0) is 6.18 Å². The van der Waals surface area contributed by atoms with Crippen LogP contribution in [0.3, 0.4) is 0 Å². The third-order valence-electron chi connectivity index (χ3n) is 3.90. The summed E-state index contributed by atoms with van der Waals surface area (Å²) in [5, 5.41) is 3.22. The summed E-state index contributed by atoms with van der Waals surface area (Å²) in [7, 11) is 0. The summed E-state index contributed by atoms with van der Waals surface area (Å²) in [6.45, 7) is 6.83. The second-order valence-electron chi connectivity index (χ2n) is 5.35. The van der Waals surface area contributed by atoms with Crippen LogP contribution in [0.5, 0.6) is 0 Å². The van der Waals surface area contributed by atoms with E-state index < -0.39 is 11.7 Å². The molecule has 112 valence electrons. The normalized spacial score (nSPS) is 18.1. The standard InChI is InChI=1S/C15H21F3N2/c1-3-7-20(14-9-19-10-14)11(2)12-5-4-6-13(8-12)15(16,17)18/h4-6,8,11,14,19H,3,7,9-10H2,1-2H3. The molecule has 1 aliphatic rings. The molecular weight excluding hydrogens is 265 g/mol. The van der Waals surface area contributed by atoms with Gasteiger partial charge in [0.05, 0.1) is 5.56 Å². The number of nitrogens with one attached hydrogen (secondary N) is 1. The van der Waals surface area contributed by atoms with Gasteiger partial charge in [-0.2, -0.15) is 13.2 Å². The lowest BCUT2D eigenvalue weighted by molar-refractivity contribution is -0.137. The molecule has 5 heteroatoms. The quantitative estimate of drug-likeness (QED) is 0.892. The predicted octanol–water partition coefficient (Wildman–Crippen LogP) is 3.45. The summed E-state index contributed by atoms with van der Waals surface area (Å²) in [6.07, 6.45) is -3.27. The molecule has 1 unspecified atom stereocenters. The first-order valence-electron chi connectivity index (χ1n) is 7.07. The van der Waals surface area contributed by atoms with E-state index in [1.54, 1.807) is 6.07 Å². The fourth-order valence-corrected chi connectivity index (χ4v) is 2.62. The average Bonchev–Trinajstić information content (AvgIpc) is 2.34. The first kappa shape index (κ1) is 15.3. The highest BCUT2D eigenvalue weighted by atomic mass is 19.4. The highest BCUT2D eigenvalue weighted by Gasteiger charge is 2.32. The third kappa shape index (κ3) is 3.33. The molecule has 2 rings (SSSR count). The van der Waals surface area contributed by atoms with Crippen molar-refractivity contribution in [1.29, 1.82) is 0 Å². The maximum atomic E-state index is 12.8. The summed E-state index contributed by atoms with van der Waals surface area (Å²) >= 11 is 0. The first-order chi connectivity index (χ1) is 9.43. The predicted molar refractivity (Wildman–Crippen MR) is 73.5 cm³/mol. The number of benzene rings is 1. The molecule has 0 saturated carbocycles. The molecule has 1 fully saturated rings. The molecule has 1 saturated heterocycles. The number of alkyl halides is 3. The van der Waals surface area contributed by atoms with Gasteiger partial charge in [0.1, 0.15) is 0 Å². The van der Waals surface area contributed by atoms with Crippen LogP contribution in [0.1, 0.15) is 37.4 Å². The van der Waals surface area contributed by atoms with E-state index in [-0.39, 0.29) is 6.04 Å². The van der Waals surface area contributed by atoms with Crippen LogP contribution < -0.4 is 5.32 Å². The third-order valence-corrected chi connectivity index (χ3v) is 3.90. The molecule has 1 heterocycles. The SMILES string of the molecule is CCCN(C1CNC1)C(C)c1cccc(C(F)(F)F)c1. The van der Waals surface area contributed by atoms with Gasteiger partial charge < -0.3 is 5.32 Å². The van der Waals surface area contributed by atoms with Gasteiger partial charge in [0.2, 0.25) is 0 Å². The molecule has 0 spiro atoms. The molecule has 0 bridgehead atoms. The topological polar surface area (TPSA) is 15.3 Å². The van der Waals surface area contributed by atoms with Gasteiger partial charge in [-0.05, 0) is 37.6 Å². The molecular formula is C15H21F3N2. The fraction of sp³-hybridized carbons (Fsp3) is 0.600. The Morgan fingerprint density at radius 1 is 1.35 bits per heavy atom. The summed E-state index contributed by atoms with van der Waals surface area (Å²) in [6, 6.07) is 6.13. The number of hydrogen-bond donors (Lipinski definition) is 1. The van der Waals surface area contributed by atoms with Crippen molar-refractivity contribution in [3.8, 4) is 0 Å². The van der Waals surface area contributed by atoms with Crippen LogP contribution >= 0.6 is 0 Å². The Balaban J connectivity index is 2.20. The molecule has 1 N–H and O–H groups in total. The van der Waals surface area contributed by atoms with Crippen molar-refractivity contribution in [2.45, 2.75) is 38.5 Å². The highest BCUT2D eigenvalue weighted by Crippen LogP contribution is 2.32. The van der Waals surface area contributed by atoms with Gasteiger partial charge in [-0.15, -0.1) is 0 Å². The maximum absolute atomic E-state index is 12.8. The maximum Gasteiger partial charge on any atom is 0.416 e. The Hall–Kier alpha value is -1.07. The van der Waals surface area contributed by atoms with Crippen molar-refractivity contribution in [2.24, 2.45) is 0 Å². The van der Waals surface area contributed by atoms with E-state index in [1.807, 2.05) is 6.92 Å². The molecule has 0 radical (unpaired) electrons. The van der Waals surface area contributed by atoms with Crippen LogP contribution in [0.2, 0.25) is 0 Å². The number of nitrogens with zero attached hydrogens (tertiary/aromatic N) is 1. The van der Waals surface area contributed by atoms with Gasteiger partial charge >= 0.3 is 6.18 Å². The zero-order chi connectivity index (χ0) is 14.8. The Kier molecular flexibility index (Phi) is 4.70. The monoisotopic (exact) mass is 286 g/mol. The van der Waals surface area contributed by atoms with Crippen molar-refractivity contribution in [1.82, 2.24) is 10.2 Å². The van der Waals surface area contributed by atoms with Crippen molar-refractivity contribution in [3.05, 3.63) is 35.4 Å². The van der Waals surface area contributed by atoms with Crippen molar-refractivity contribution in [2.75, 3.05) is 19.6 Å². The Labute approximate surface area is 118 Å². The molecule has 1 atom stereocenters. The Bertz CT molecular complexity index is 441. The summed E-state index contributed by atoms with van der Waals surface area (Å²) in [4.78, 5) is 2.30. The fourth-order valence-electron chi connectivity index (χ4n) is 2.62. The minimum Gasteiger partial charge on any atom is -0.314 e. The van der Waals surface area contributed by atoms with E-state index in [9.17, 15) is 13.2 Å². The van der Waals surface area contributed by atoms with Crippen LogP contribution in [-0.4, -0.2) is 30.6 Å². The van der Waals surface area contributed by atoms with Gasteiger partial charge in [0.25, 0.3) is 0 Å². The van der Waals surface area contributed by atoms with Crippen LogP contribution in [0.15, 0.2) is 24.3 Å². The van der Waals surface area contributed by atoms with E-state index in [2.05, 4.69) is 17.1 Å². The number of hydrogen-bond acceptors (Lipinski definition) is 2. The molecule has 1 aromatic rings. The van der Waals surface area contributed by atoms with Crippen molar-refractivity contribution < 1.29 is 13.2 Å². The lowest BCUT2D eigenvalue weighted by Crippen LogP contribution is -2.57. The lowest BCUT2D eigenvalue weighted by atomic mass is 10.00. The lowest BCUT2D eigenvalue weighted by Gasteiger charge is -2.42. The minimum absolute atomic E-state index is 0.00403. The molecule has 0 aromatic heterocycles. The van der Waals surface area contributed by atoms with Gasteiger partial charge in [-0.25, -0.2) is 0 Å². The highest BCUT2D eigenvalue weighted by molar-refractivity contribution is 5.28. The van der Waals surface area contributed by atoms with Gasteiger partial charge in [0.15, 0.2) is 0 Å². The van der Waals surface area contributed by atoms with E-state index in [4.69, 9.17) is 0 Å². The van der Waals surface area contributed by atoms with E-state index in [0.717, 1.165) is 37.7 Å². The van der Waals surface area contributed by atoms with Crippen molar-refractivity contribution in [3.63, 3.8) is 0 Å². The molecule has 1 aliphatic heterocycles. The Morgan fingerprint density at radius 2 is 2.05 bits per heavy atom. The number of halogens is 3. The minimum atomic E-state index is -4.27. The van der Waals surface area contributed by atoms with Crippen LogP contribution in [0, 0.1) is 0 Å². The Morgan fingerprint density at radius 3 is 2.55 bits per heavy atom. The first-order valence-corrected chi connectivity index (χ1v) is 7.07. The second-order valence-corrected chi connectivity index (χ2v) is 5.35. The smallest absolute Gasteiger partial charge is 0.314 e. The van der Waals surface area contributed by atoms with E-state index >= 15 is 0 Å². The molecule has 0 amide bonds. The largest absolute Gasteiger partial charge is 0.416 e. The number of rotatable bonds is 5. The molecule has 1 aromatic carbocycles. The molecule has 20 heavy (non-hydrogen) atoms. The summed E-state index contributed by atoms with van der Waals surface area (Å²) < 4.78 is 38.4. The van der Waals surface area contributed by atoms with E-state index in [1.165, 1.54) is 12.1 Å². The summed E-state index contributed by atoms with van der Waals surface area (Å²) in [5.41, 5.74) is 0.171. The van der Waals surface area contributed by atoms with Crippen LogP contribution in [0.4, 0.5) is 13.2 Å². The van der Waals surface area contributed by atoms with E-state index in [0.29, 0.717) is 6.04 Å². The van der Waals surface area contributed by atoms with Gasteiger partial charge in [0, 0.05) is 25.2 Å². The second kappa shape index (κ2) is 6.14. The molecule has 2 nitrogen and oxygen atoms in total. The zero-order valence-electron chi connectivity index (χ0n) is 11.9. The zero-order valence-corrected chi connectivity index (χ0v) is 11.9.